The minimum Gasteiger partial charge on any atom is -0.378 e. The summed E-state index contributed by atoms with van der Waals surface area (Å²) < 4.78 is 45.5. The molecule has 0 bridgehead atoms. The Balaban J connectivity index is 1.66. The minimum absolute atomic E-state index is 0.0957. The first kappa shape index (κ1) is 18.3. The molecule has 0 atom stereocenters. The predicted octanol–water partition coefficient (Wildman–Crippen LogP) is 1.39. The molecular formula is C17H23FN2O4S. The Morgan fingerprint density at radius 2 is 1.80 bits per heavy atom. The molecule has 2 aliphatic rings. The number of amides is 1. The fourth-order valence-corrected chi connectivity index (χ4v) is 5.10. The van der Waals surface area contributed by atoms with Gasteiger partial charge in [-0.1, -0.05) is 0 Å². The molecule has 0 spiro atoms. The molecule has 0 N–H and O–H groups in total. The molecule has 2 aliphatic heterocycles. The van der Waals surface area contributed by atoms with Crippen LogP contribution >= 0.6 is 0 Å². The van der Waals surface area contributed by atoms with E-state index in [1.54, 1.807) is 6.92 Å². The van der Waals surface area contributed by atoms with E-state index >= 15 is 0 Å². The monoisotopic (exact) mass is 370 g/mol. The Morgan fingerprint density at radius 1 is 1.16 bits per heavy atom. The highest BCUT2D eigenvalue weighted by molar-refractivity contribution is 7.89. The van der Waals surface area contributed by atoms with Crippen molar-refractivity contribution in [3.63, 3.8) is 0 Å². The van der Waals surface area contributed by atoms with Gasteiger partial charge in [0.2, 0.25) is 15.9 Å². The van der Waals surface area contributed by atoms with E-state index in [2.05, 4.69) is 0 Å². The maximum atomic E-state index is 13.2. The Labute approximate surface area is 147 Å². The lowest BCUT2D eigenvalue weighted by Gasteiger charge is -2.35. The molecule has 0 unspecified atom stereocenters. The number of hydrogen-bond acceptors (Lipinski definition) is 4. The van der Waals surface area contributed by atoms with Crippen molar-refractivity contribution in [2.45, 2.75) is 24.7 Å². The summed E-state index contributed by atoms with van der Waals surface area (Å²) >= 11 is 0. The van der Waals surface area contributed by atoms with Crippen molar-refractivity contribution < 1.29 is 22.3 Å². The van der Waals surface area contributed by atoms with Gasteiger partial charge in [-0.05, 0) is 43.5 Å². The van der Waals surface area contributed by atoms with Gasteiger partial charge in [0.05, 0.1) is 18.1 Å². The number of ether oxygens (including phenoxy) is 1. The Hall–Kier alpha value is -1.51. The van der Waals surface area contributed by atoms with Crippen molar-refractivity contribution in [2.24, 2.45) is 5.92 Å². The topological polar surface area (TPSA) is 66.9 Å². The lowest BCUT2D eigenvalue weighted by molar-refractivity contribution is -0.140. The van der Waals surface area contributed by atoms with Crippen molar-refractivity contribution >= 4 is 15.9 Å². The third kappa shape index (κ3) is 3.86. The van der Waals surface area contributed by atoms with Crippen LogP contribution in [0.3, 0.4) is 0 Å². The Kier molecular flexibility index (Phi) is 5.41. The number of halogens is 1. The van der Waals surface area contributed by atoms with Gasteiger partial charge in [-0.15, -0.1) is 0 Å². The third-order valence-corrected chi connectivity index (χ3v) is 6.94. The van der Waals surface area contributed by atoms with Crippen LogP contribution < -0.4 is 0 Å². The second kappa shape index (κ2) is 7.39. The molecular weight excluding hydrogens is 347 g/mol. The van der Waals surface area contributed by atoms with Crippen molar-refractivity contribution in [2.75, 3.05) is 39.4 Å². The van der Waals surface area contributed by atoms with E-state index in [1.807, 2.05) is 4.90 Å². The average molecular weight is 370 g/mol. The number of rotatable bonds is 3. The van der Waals surface area contributed by atoms with Crippen LogP contribution in [0, 0.1) is 18.7 Å². The molecule has 0 aromatic heterocycles. The molecule has 1 aromatic rings. The van der Waals surface area contributed by atoms with Gasteiger partial charge in [0, 0.05) is 32.1 Å². The van der Waals surface area contributed by atoms with E-state index in [-0.39, 0.29) is 16.7 Å². The number of aryl methyl sites for hydroxylation is 1. The molecule has 1 aromatic carbocycles. The van der Waals surface area contributed by atoms with Crippen molar-refractivity contribution in [1.29, 1.82) is 0 Å². The van der Waals surface area contributed by atoms with Crippen LogP contribution in [0.4, 0.5) is 4.39 Å². The summed E-state index contributed by atoms with van der Waals surface area (Å²) in [4.78, 5) is 14.5. The third-order valence-electron chi connectivity index (χ3n) is 4.88. The van der Waals surface area contributed by atoms with Crippen LogP contribution in [0.1, 0.15) is 18.4 Å². The fourth-order valence-electron chi connectivity index (χ4n) is 3.43. The van der Waals surface area contributed by atoms with Crippen molar-refractivity contribution in [1.82, 2.24) is 9.21 Å². The van der Waals surface area contributed by atoms with E-state index in [4.69, 9.17) is 4.74 Å². The highest BCUT2D eigenvalue weighted by Crippen LogP contribution is 2.27. The number of piperidine rings is 1. The van der Waals surface area contributed by atoms with Crippen molar-refractivity contribution in [3.8, 4) is 0 Å². The van der Waals surface area contributed by atoms with Crippen LogP contribution in [-0.2, 0) is 19.6 Å². The van der Waals surface area contributed by atoms with E-state index < -0.39 is 15.8 Å². The fraction of sp³-hybridized carbons (Fsp3) is 0.588. The smallest absolute Gasteiger partial charge is 0.243 e. The highest BCUT2D eigenvalue weighted by atomic mass is 32.2. The summed E-state index contributed by atoms with van der Waals surface area (Å²) in [6, 6.07) is 3.70. The van der Waals surface area contributed by atoms with E-state index in [0.717, 1.165) is 6.07 Å². The number of nitrogens with zero attached hydrogens (tertiary/aromatic N) is 2. The number of carbonyl (C=O) groups excluding carboxylic acids is 1. The lowest BCUT2D eigenvalue weighted by Crippen LogP contribution is -2.47. The Morgan fingerprint density at radius 3 is 2.40 bits per heavy atom. The first-order chi connectivity index (χ1) is 11.9. The van der Waals surface area contributed by atoms with Crippen LogP contribution in [0.5, 0.6) is 0 Å². The molecule has 0 aliphatic carbocycles. The Bertz CT molecular complexity index is 739. The van der Waals surface area contributed by atoms with Gasteiger partial charge >= 0.3 is 0 Å². The molecule has 138 valence electrons. The summed E-state index contributed by atoms with van der Waals surface area (Å²) in [5.74, 6) is -0.497. The van der Waals surface area contributed by atoms with E-state index in [1.165, 1.54) is 16.4 Å². The van der Waals surface area contributed by atoms with Crippen molar-refractivity contribution in [3.05, 3.63) is 29.6 Å². The molecule has 6 nitrogen and oxygen atoms in total. The predicted molar refractivity (Wildman–Crippen MR) is 90.0 cm³/mol. The summed E-state index contributed by atoms with van der Waals surface area (Å²) in [5, 5.41) is 0. The van der Waals surface area contributed by atoms with Gasteiger partial charge in [-0.3, -0.25) is 4.79 Å². The van der Waals surface area contributed by atoms with Crippen LogP contribution in [0.2, 0.25) is 0 Å². The van der Waals surface area contributed by atoms with E-state index in [0.29, 0.717) is 57.8 Å². The summed E-state index contributed by atoms with van der Waals surface area (Å²) in [5.41, 5.74) is 0.395. The van der Waals surface area contributed by atoms with Gasteiger partial charge in [0.25, 0.3) is 0 Å². The number of sulfonamides is 1. The zero-order valence-corrected chi connectivity index (χ0v) is 15.1. The van der Waals surface area contributed by atoms with Gasteiger partial charge in [0.15, 0.2) is 0 Å². The SMILES string of the molecule is Cc1cc(F)ccc1S(=O)(=O)N1CCC(C(=O)N2CCOCC2)CC1. The van der Waals surface area contributed by atoms with Crippen LogP contribution in [0.15, 0.2) is 23.1 Å². The van der Waals surface area contributed by atoms with Crippen LogP contribution in [0.25, 0.3) is 0 Å². The zero-order chi connectivity index (χ0) is 18.0. The number of benzene rings is 1. The maximum Gasteiger partial charge on any atom is 0.243 e. The van der Waals surface area contributed by atoms with Gasteiger partial charge in [0.1, 0.15) is 5.82 Å². The molecule has 0 radical (unpaired) electrons. The zero-order valence-electron chi connectivity index (χ0n) is 14.3. The molecule has 3 rings (SSSR count). The normalized spacial score (nSPS) is 20.6. The number of hydrogen-bond donors (Lipinski definition) is 0. The molecule has 1 amide bonds. The lowest BCUT2D eigenvalue weighted by atomic mass is 9.96. The standard InChI is InChI=1S/C17H23FN2O4S/c1-13-12-15(18)2-3-16(13)25(22,23)20-6-4-14(5-7-20)17(21)19-8-10-24-11-9-19/h2-3,12,14H,4-11H2,1H3. The average Bonchev–Trinajstić information content (AvgIpc) is 2.61. The largest absolute Gasteiger partial charge is 0.378 e. The molecule has 2 saturated heterocycles. The molecule has 25 heavy (non-hydrogen) atoms. The molecule has 0 saturated carbocycles. The second-order valence-corrected chi connectivity index (χ2v) is 8.43. The van der Waals surface area contributed by atoms with Gasteiger partial charge in [-0.2, -0.15) is 4.31 Å². The first-order valence-corrected chi connectivity index (χ1v) is 9.96. The quantitative estimate of drug-likeness (QED) is 0.807. The number of carbonyl (C=O) groups is 1. The minimum atomic E-state index is -3.66. The second-order valence-electron chi connectivity index (χ2n) is 6.53. The molecule has 2 heterocycles. The summed E-state index contributed by atoms with van der Waals surface area (Å²) in [6.45, 7) is 4.52. The summed E-state index contributed by atoms with van der Waals surface area (Å²) in [6.07, 6.45) is 1.02. The van der Waals surface area contributed by atoms with Gasteiger partial charge < -0.3 is 9.64 Å². The van der Waals surface area contributed by atoms with Crippen LogP contribution in [-0.4, -0.2) is 62.9 Å². The first-order valence-electron chi connectivity index (χ1n) is 8.52. The summed E-state index contributed by atoms with van der Waals surface area (Å²) in [7, 11) is -3.66. The molecule has 2 fully saturated rings. The number of morpholine rings is 1. The maximum absolute atomic E-state index is 13.2. The highest BCUT2D eigenvalue weighted by Gasteiger charge is 2.34. The van der Waals surface area contributed by atoms with E-state index in [9.17, 15) is 17.6 Å². The molecule has 8 heteroatoms. The van der Waals surface area contributed by atoms with Gasteiger partial charge in [-0.25, -0.2) is 12.8 Å².